The van der Waals surface area contributed by atoms with Gasteiger partial charge in [0.2, 0.25) is 5.91 Å². The highest BCUT2D eigenvalue weighted by Crippen LogP contribution is 2.20. The molecule has 2 atom stereocenters. The van der Waals surface area contributed by atoms with Crippen molar-refractivity contribution >= 4 is 33.7 Å². The van der Waals surface area contributed by atoms with Crippen LogP contribution in [0.3, 0.4) is 0 Å². The summed E-state index contributed by atoms with van der Waals surface area (Å²) in [4.78, 5) is 38.1. The smallest absolute Gasteiger partial charge is 0.326 e. The van der Waals surface area contributed by atoms with Crippen LogP contribution in [0.15, 0.2) is 28.7 Å². The Bertz CT molecular complexity index is 645. The lowest BCUT2D eigenvalue weighted by atomic mass is 10.0. The van der Waals surface area contributed by atoms with E-state index in [0.717, 1.165) is 4.47 Å². The number of aliphatic carboxylic acids is 1. The Morgan fingerprint density at radius 2 is 1.92 bits per heavy atom. The van der Waals surface area contributed by atoms with Crippen molar-refractivity contribution in [2.24, 2.45) is 5.92 Å². The fraction of sp³-hybridized carbons (Fsp3) is 0.500. The third-order valence-electron chi connectivity index (χ3n) is 4.24. The number of rotatable bonds is 6. The Hall–Kier alpha value is -1.89. The zero-order valence-corrected chi connectivity index (χ0v) is 16.0. The molecule has 1 unspecified atom stereocenters. The maximum absolute atomic E-state index is 12.9. The van der Waals surface area contributed by atoms with E-state index in [1.165, 1.54) is 4.90 Å². The van der Waals surface area contributed by atoms with Gasteiger partial charge in [0.15, 0.2) is 0 Å². The number of likely N-dealkylation sites (tertiary alicyclic amines) is 1. The summed E-state index contributed by atoms with van der Waals surface area (Å²) in [6.45, 7) is 4.34. The zero-order chi connectivity index (χ0) is 18.6. The monoisotopic (exact) mass is 410 g/mol. The van der Waals surface area contributed by atoms with Gasteiger partial charge in [-0.15, -0.1) is 0 Å². The van der Waals surface area contributed by atoms with Gasteiger partial charge in [0.05, 0.1) is 0 Å². The van der Waals surface area contributed by atoms with Gasteiger partial charge in [0, 0.05) is 16.6 Å². The lowest BCUT2D eigenvalue weighted by Gasteiger charge is -2.28. The highest BCUT2D eigenvalue weighted by molar-refractivity contribution is 9.10. The average molecular weight is 411 g/mol. The van der Waals surface area contributed by atoms with Gasteiger partial charge >= 0.3 is 5.97 Å². The third kappa shape index (κ3) is 5.04. The molecule has 1 saturated heterocycles. The van der Waals surface area contributed by atoms with Crippen molar-refractivity contribution < 1.29 is 19.5 Å². The molecule has 0 radical (unpaired) electrons. The molecule has 25 heavy (non-hydrogen) atoms. The molecule has 136 valence electrons. The number of hydrogen-bond donors (Lipinski definition) is 2. The molecule has 1 aliphatic heterocycles. The SMILES string of the molecule is CC(C)CC(NC(=O)c1ccc(Br)cc1)C(=O)N1CCC[C@H]1C(=O)O. The summed E-state index contributed by atoms with van der Waals surface area (Å²) in [6.07, 6.45) is 1.58. The molecule has 0 aromatic heterocycles. The largest absolute Gasteiger partial charge is 0.480 e. The van der Waals surface area contributed by atoms with Gasteiger partial charge in [-0.3, -0.25) is 9.59 Å². The number of nitrogens with one attached hydrogen (secondary N) is 1. The summed E-state index contributed by atoms with van der Waals surface area (Å²) in [5.41, 5.74) is 0.459. The molecule has 2 N–H and O–H groups in total. The van der Waals surface area contributed by atoms with E-state index >= 15 is 0 Å². The van der Waals surface area contributed by atoms with E-state index in [0.29, 0.717) is 31.4 Å². The molecule has 1 aromatic rings. The third-order valence-corrected chi connectivity index (χ3v) is 4.77. The van der Waals surface area contributed by atoms with Crippen LogP contribution in [-0.4, -0.2) is 46.4 Å². The molecular weight excluding hydrogens is 388 g/mol. The lowest BCUT2D eigenvalue weighted by molar-refractivity contribution is -0.149. The molecule has 6 nitrogen and oxygen atoms in total. The number of halogens is 1. The first-order chi connectivity index (χ1) is 11.8. The molecule has 0 spiro atoms. The normalized spacial score (nSPS) is 18.2. The van der Waals surface area contributed by atoms with Crippen LogP contribution in [-0.2, 0) is 9.59 Å². The Morgan fingerprint density at radius 3 is 2.48 bits per heavy atom. The Balaban J connectivity index is 2.14. The highest BCUT2D eigenvalue weighted by atomic mass is 79.9. The van der Waals surface area contributed by atoms with Crippen molar-refractivity contribution in [1.29, 1.82) is 0 Å². The number of carboxylic acid groups (broad SMARTS) is 1. The highest BCUT2D eigenvalue weighted by Gasteiger charge is 2.37. The summed E-state index contributed by atoms with van der Waals surface area (Å²) in [7, 11) is 0. The van der Waals surface area contributed by atoms with Crippen LogP contribution < -0.4 is 5.32 Å². The van der Waals surface area contributed by atoms with Crippen LogP contribution in [0, 0.1) is 5.92 Å². The minimum atomic E-state index is -0.992. The summed E-state index contributed by atoms with van der Waals surface area (Å²) in [5, 5.41) is 12.1. The fourth-order valence-electron chi connectivity index (χ4n) is 3.02. The van der Waals surface area contributed by atoms with Gasteiger partial charge in [-0.2, -0.15) is 0 Å². The first-order valence-corrected chi connectivity index (χ1v) is 9.18. The first-order valence-electron chi connectivity index (χ1n) is 8.39. The number of benzene rings is 1. The number of amides is 2. The minimum absolute atomic E-state index is 0.185. The summed E-state index contributed by atoms with van der Waals surface area (Å²) in [6, 6.07) is 5.34. The van der Waals surface area contributed by atoms with Gasteiger partial charge in [0.25, 0.3) is 5.91 Å². The van der Waals surface area contributed by atoms with E-state index in [9.17, 15) is 19.5 Å². The molecule has 0 bridgehead atoms. The molecule has 1 fully saturated rings. The number of hydrogen-bond acceptors (Lipinski definition) is 3. The van der Waals surface area contributed by atoms with Crippen LogP contribution in [0.4, 0.5) is 0 Å². The van der Waals surface area contributed by atoms with Crippen LogP contribution in [0.2, 0.25) is 0 Å². The molecule has 1 heterocycles. The van der Waals surface area contributed by atoms with Crippen molar-refractivity contribution in [2.45, 2.75) is 45.2 Å². The van der Waals surface area contributed by atoms with Crippen molar-refractivity contribution in [3.05, 3.63) is 34.3 Å². The topological polar surface area (TPSA) is 86.7 Å². The molecule has 7 heteroatoms. The second kappa shape index (κ2) is 8.47. The van der Waals surface area contributed by atoms with Crippen LogP contribution in [0.1, 0.15) is 43.5 Å². The minimum Gasteiger partial charge on any atom is -0.480 e. The average Bonchev–Trinajstić information content (AvgIpc) is 3.03. The molecule has 1 aliphatic rings. The maximum atomic E-state index is 12.9. The van der Waals surface area contributed by atoms with Crippen molar-refractivity contribution in [2.75, 3.05) is 6.54 Å². The summed E-state index contributed by atoms with van der Waals surface area (Å²) in [5.74, 6) is -1.46. The van der Waals surface area contributed by atoms with Crippen molar-refractivity contribution in [1.82, 2.24) is 10.2 Å². The maximum Gasteiger partial charge on any atom is 0.326 e. The van der Waals surface area contributed by atoms with Gasteiger partial charge in [-0.25, -0.2) is 4.79 Å². The van der Waals surface area contributed by atoms with Crippen LogP contribution in [0.5, 0.6) is 0 Å². The van der Waals surface area contributed by atoms with Gasteiger partial charge < -0.3 is 15.3 Å². The second-order valence-corrected chi connectivity index (χ2v) is 7.61. The van der Waals surface area contributed by atoms with E-state index in [4.69, 9.17) is 0 Å². The predicted octanol–water partition coefficient (Wildman–Crippen LogP) is 2.67. The van der Waals surface area contributed by atoms with Crippen LogP contribution >= 0.6 is 15.9 Å². The number of carbonyl (C=O) groups excluding carboxylic acids is 2. The number of carbonyl (C=O) groups is 3. The Kier molecular flexibility index (Phi) is 6.58. The lowest BCUT2D eigenvalue weighted by Crippen LogP contribution is -2.52. The van der Waals surface area contributed by atoms with Crippen molar-refractivity contribution in [3.8, 4) is 0 Å². The molecular formula is C18H23BrN2O4. The van der Waals surface area contributed by atoms with Gasteiger partial charge in [0.1, 0.15) is 12.1 Å². The summed E-state index contributed by atoms with van der Waals surface area (Å²) >= 11 is 3.32. The molecule has 1 aromatic carbocycles. The zero-order valence-electron chi connectivity index (χ0n) is 14.4. The van der Waals surface area contributed by atoms with E-state index < -0.39 is 18.1 Å². The molecule has 0 saturated carbocycles. The molecule has 2 rings (SSSR count). The Labute approximate surface area is 155 Å². The standard InChI is InChI=1S/C18H23BrN2O4/c1-11(2)10-14(17(23)21-9-3-4-15(21)18(24)25)20-16(22)12-5-7-13(19)8-6-12/h5-8,11,14-15H,3-4,9-10H2,1-2H3,(H,20,22)(H,24,25)/t14?,15-/m0/s1. The first kappa shape index (κ1) is 19.4. The second-order valence-electron chi connectivity index (χ2n) is 6.69. The van der Waals surface area contributed by atoms with Crippen LogP contribution in [0.25, 0.3) is 0 Å². The quantitative estimate of drug-likeness (QED) is 0.754. The molecule has 2 amide bonds. The van der Waals surface area contributed by atoms with E-state index in [1.54, 1.807) is 24.3 Å². The molecule has 0 aliphatic carbocycles. The Morgan fingerprint density at radius 1 is 1.28 bits per heavy atom. The van der Waals surface area contributed by atoms with E-state index in [-0.39, 0.29) is 17.7 Å². The van der Waals surface area contributed by atoms with Gasteiger partial charge in [-0.05, 0) is 49.4 Å². The fourth-order valence-corrected chi connectivity index (χ4v) is 3.29. The van der Waals surface area contributed by atoms with Crippen molar-refractivity contribution in [3.63, 3.8) is 0 Å². The number of nitrogens with zero attached hydrogens (tertiary/aromatic N) is 1. The van der Waals surface area contributed by atoms with E-state index in [2.05, 4.69) is 21.2 Å². The van der Waals surface area contributed by atoms with Gasteiger partial charge in [-0.1, -0.05) is 29.8 Å². The number of carboxylic acids is 1. The van der Waals surface area contributed by atoms with E-state index in [1.807, 2.05) is 13.8 Å². The summed E-state index contributed by atoms with van der Waals surface area (Å²) < 4.78 is 0.861. The predicted molar refractivity (Wildman–Crippen MR) is 97.2 cm³/mol.